The molecule has 30 heavy (non-hydrogen) atoms. The Bertz CT molecular complexity index is 845. The van der Waals surface area contributed by atoms with E-state index >= 15 is 0 Å². The third-order valence-corrected chi connectivity index (χ3v) is 8.36. The van der Waals surface area contributed by atoms with Gasteiger partial charge in [0.1, 0.15) is 18.3 Å². The van der Waals surface area contributed by atoms with Gasteiger partial charge in [-0.25, -0.2) is 0 Å². The van der Waals surface area contributed by atoms with E-state index < -0.39 is 40.7 Å². The molecule has 2 aliphatic carbocycles. The lowest BCUT2D eigenvalue weighted by molar-refractivity contribution is -0.279. The number of hydrogen-bond donors (Lipinski definition) is 2. The van der Waals surface area contributed by atoms with Gasteiger partial charge in [0.2, 0.25) is 0 Å². The number of carbonyl (C=O) groups is 2. The van der Waals surface area contributed by atoms with Crippen molar-refractivity contribution in [3.63, 3.8) is 0 Å². The second kappa shape index (κ2) is 6.55. The van der Waals surface area contributed by atoms with Crippen molar-refractivity contribution in [2.24, 2.45) is 22.7 Å². The third-order valence-electron chi connectivity index (χ3n) is 8.36. The van der Waals surface area contributed by atoms with E-state index in [1.54, 1.807) is 6.07 Å². The summed E-state index contributed by atoms with van der Waals surface area (Å²) in [7, 11) is 0. The molecule has 164 valence electrons. The van der Waals surface area contributed by atoms with Crippen molar-refractivity contribution in [1.29, 1.82) is 0 Å². The van der Waals surface area contributed by atoms with Crippen LogP contribution in [0.2, 0.25) is 0 Å². The number of rotatable bonds is 4. The first-order valence-electron chi connectivity index (χ1n) is 10.6. The Kier molecular flexibility index (Phi) is 4.37. The van der Waals surface area contributed by atoms with Gasteiger partial charge in [0, 0.05) is 12.5 Å². The van der Waals surface area contributed by atoms with Gasteiger partial charge in [0.05, 0.1) is 42.2 Å². The van der Waals surface area contributed by atoms with Crippen LogP contribution in [-0.2, 0) is 23.8 Å². The average Bonchev–Trinajstić information content (AvgIpc) is 3.30. The van der Waals surface area contributed by atoms with Crippen LogP contribution in [0.5, 0.6) is 0 Å². The molecule has 0 aromatic carbocycles. The van der Waals surface area contributed by atoms with Crippen molar-refractivity contribution < 1.29 is 38.4 Å². The molecule has 0 amide bonds. The highest BCUT2D eigenvalue weighted by Crippen LogP contribution is 2.71. The zero-order chi connectivity index (χ0) is 21.3. The van der Waals surface area contributed by atoms with E-state index in [-0.39, 0.29) is 30.8 Å². The number of aliphatic hydroxyl groups is 2. The monoisotopic (exact) mass is 420 g/mol. The smallest absolute Gasteiger partial charge is 0.312 e. The summed E-state index contributed by atoms with van der Waals surface area (Å²) < 4.78 is 22.6. The molecule has 2 bridgehead atoms. The quantitative estimate of drug-likeness (QED) is 0.559. The van der Waals surface area contributed by atoms with Gasteiger partial charge in [-0.15, -0.1) is 0 Å². The van der Waals surface area contributed by atoms with Crippen LogP contribution >= 0.6 is 0 Å². The Labute approximate surface area is 174 Å². The topological polar surface area (TPSA) is 119 Å². The Morgan fingerprint density at radius 1 is 1.37 bits per heavy atom. The molecule has 8 atom stereocenters. The maximum atomic E-state index is 13.4. The van der Waals surface area contributed by atoms with Crippen molar-refractivity contribution in [3.05, 3.63) is 24.2 Å². The molecule has 0 unspecified atom stereocenters. The van der Waals surface area contributed by atoms with Gasteiger partial charge < -0.3 is 28.8 Å². The van der Waals surface area contributed by atoms with E-state index in [2.05, 4.69) is 0 Å². The van der Waals surface area contributed by atoms with Gasteiger partial charge >= 0.3 is 11.9 Å². The predicted octanol–water partition coefficient (Wildman–Crippen LogP) is 1.74. The summed E-state index contributed by atoms with van der Waals surface area (Å²) in [5.41, 5.74) is -2.07. The fourth-order valence-electron chi connectivity index (χ4n) is 6.92. The molecule has 2 saturated carbocycles. The molecule has 8 heteroatoms. The van der Waals surface area contributed by atoms with Crippen molar-refractivity contribution in [2.75, 3.05) is 13.2 Å². The van der Waals surface area contributed by atoms with Crippen LogP contribution in [0.25, 0.3) is 0 Å². The molecule has 0 radical (unpaired) electrons. The first kappa shape index (κ1) is 20.0. The Morgan fingerprint density at radius 3 is 2.77 bits per heavy atom. The first-order valence-corrected chi connectivity index (χ1v) is 10.6. The molecular formula is C22H28O8. The lowest BCUT2D eigenvalue weighted by Crippen LogP contribution is -2.74. The number of aliphatic hydroxyl groups excluding tert-OH is 2. The molecule has 4 fully saturated rings. The van der Waals surface area contributed by atoms with Crippen LogP contribution in [-0.4, -0.2) is 53.2 Å². The summed E-state index contributed by atoms with van der Waals surface area (Å²) in [6, 6.07) is 1.69. The number of epoxide rings is 1. The van der Waals surface area contributed by atoms with Crippen molar-refractivity contribution in [2.45, 2.75) is 63.4 Å². The summed E-state index contributed by atoms with van der Waals surface area (Å²) in [5.74, 6) is -1.17. The number of esters is 2. The maximum Gasteiger partial charge on any atom is 0.312 e. The Hall–Kier alpha value is -1.90. The fraction of sp³-hybridized carbons (Fsp3) is 0.727. The van der Waals surface area contributed by atoms with Gasteiger partial charge in [-0.2, -0.15) is 0 Å². The number of hydrogen-bond acceptors (Lipinski definition) is 8. The lowest BCUT2D eigenvalue weighted by Gasteiger charge is -2.65. The van der Waals surface area contributed by atoms with Crippen molar-refractivity contribution in [3.8, 4) is 0 Å². The molecule has 2 N–H and O–H groups in total. The van der Waals surface area contributed by atoms with Crippen molar-refractivity contribution >= 4 is 11.9 Å². The summed E-state index contributed by atoms with van der Waals surface area (Å²) in [5, 5.41) is 21.8. The summed E-state index contributed by atoms with van der Waals surface area (Å²) in [6.45, 7) is 3.71. The van der Waals surface area contributed by atoms with Crippen LogP contribution in [0.15, 0.2) is 23.0 Å². The van der Waals surface area contributed by atoms with Crippen LogP contribution in [0.4, 0.5) is 0 Å². The second-order valence-electron chi connectivity index (χ2n) is 9.49. The van der Waals surface area contributed by atoms with Gasteiger partial charge in [-0.05, 0) is 43.6 Å². The Morgan fingerprint density at radius 2 is 2.13 bits per heavy atom. The first-order chi connectivity index (χ1) is 14.3. The third kappa shape index (κ3) is 2.38. The van der Waals surface area contributed by atoms with Gasteiger partial charge in [-0.3, -0.25) is 9.59 Å². The van der Waals surface area contributed by atoms with Gasteiger partial charge in [-0.1, -0.05) is 6.92 Å². The molecule has 3 heterocycles. The molecule has 1 aromatic rings. The average molecular weight is 420 g/mol. The highest BCUT2D eigenvalue weighted by molar-refractivity contribution is 5.80. The van der Waals surface area contributed by atoms with Crippen molar-refractivity contribution in [1.82, 2.24) is 0 Å². The minimum absolute atomic E-state index is 0.0434. The van der Waals surface area contributed by atoms with E-state index in [4.69, 9.17) is 18.6 Å². The lowest BCUT2D eigenvalue weighted by atomic mass is 9.41. The maximum absolute atomic E-state index is 13.4. The van der Waals surface area contributed by atoms with Crippen LogP contribution < -0.4 is 0 Å². The van der Waals surface area contributed by atoms with E-state index in [9.17, 15) is 19.8 Å². The van der Waals surface area contributed by atoms with E-state index in [0.29, 0.717) is 31.4 Å². The number of cyclic esters (lactones) is 1. The minimum atomic E-state index is -0.968. The van der Waals surface area contributed by atoms with Gasteiger partial charge in [0.15, 0.2) is 0 Å². The highest BCUT2D eigenvalue weighted by atomic mass is 16.6. The number of furan rings is 1. The fourth-order valence-corrected chi connectivity index (χ4v) is 6.92. The van der Waals surface area contributed by atoms with E-state index in [1.165, 1.54) is 19.5 Å². The Balaban J connectivity index is 1.62. The minimum Gasteiger partial charge on any atom is -0.472 e. The highest BCUT2D eigenvalue weighted by Gasteiger charge is 2.81. The molecule has 2 saturated heterocycles. The normalized spacial score (nSPS) is 45.4. The zero-order valence-corrected chi connectivity index (χ0v) is 17.2. The van der Waals surface area contributed by atoms with E-state index in [1.807, 2.05) is 6.92 Å². The zero-order valence-electron chi connectivity index (χ0n) is 17.2. The molecule has 4 aliphatic rings. The van der Waals surface area contributed by atoms with Gasteiger partial charge in [0.25, 0.3) is 0 Å². The molecule has 8 nitrogen and oxygen atoms in total. The van der Waals surface area contributed by atoms with Crippen LogP contribution in [0, 0.1) is 22.7 Å². The second-order valence-corrected chi connectivity index (χ2v) is 9.49. The standard InChI is InChI=1S/C22H28O8/c1-12-7-18(30-13(2)23)21-10-28-19(26)20(12,8-15(24)14-5-6-27-9-14)16(21)3-4-17(25)22(21)11-29-22/h5-6,9,12,15-18,24-25H,3-4,7-8,10-11H2,1-2H3/t12-,15+,16-,17+,18-,20+,21+,22-/m1/s1. The predicted molar refractivity (Wildman–Crippen MR) is 101 cm³/mol. The molecule has 2 aliphatic heterocycles. The molecule has 1 spiro atoms. The summed E-state index contributed by atoms with van der Waals surface area (Å²) >= 11 is 0. The molecular weight excluding hydrogens is 392 g/mol. The van der Waals surface area contributed by atoms with Crippen LogP contribution in [0.3, 0.4) is 0 Å². The SMILES string of the molecule is CC(=O)O[C@@H]1C[C@@H](C)[C@]2(C[C@H](O)c3ccoc3)C(=O)OC[C@]13[C@@H]2CC[C@H](O)[C@]31CO1. The molecule has 5 rings (SSSR count). The summed E-state index contributed by atoms with van der Waals surface area (Å²) in [6.07, 6.45) is 2.51. The number of carbonyl (C=O) groups excluding carboxylic acids is 2. The largest absolute Gasteiger partial charge is 0.472 e. The number of ether oxygens (including phenoxy) is 3. The summed E-state index contributed by atoms with van der Waals surface area (Å²) in [4.78, 5) is 25.3. The van der Waals surface area contributed by atoms with E-state index in [0.717, 1.165) is 0 Å². The molecule has 1 aromatic heterocycles. The van der Waals surface area contributed by atoms with Crippen LogP contribution in [0.1, 0.15) is 51.2 Å².